The van der Waals surface area contributed by atoms with Crippen molar-refractivity contribution < 1.29 is 32.2 Å². The van der Waals surface area contributed by atoms with Gasteiger partial charge in [0.25, 0.3) is 0 Å². The predicted octanol–water partition coefficient (Wildman–Crippen LogP) is 2.51. The van der Waals surface area contributed by atoms with E-state index >= 15 is 0 Å². The molecule has 1 aromatic carbocycles. The minimum atomic E-state index is -4.40. The number of hydrogen-bond acceptors (Lipinski definition) is 3. The van der Waals surface area contributed by atoms with Crippen molar-refractivity contribution in [3.63, 3.8) is 0 Å². The first-order valence-corrected chi connectivity index (χ1v) is 5.21. The summed E-state index contributed by atoms with van der Waals surface area (Å²) in [6, 6.07) is 3.06. The fraction of sp³-hybridized carbons (Fsp3) is 0.364. The normalized spacial score (nSPS) is 11.4. The summed E-state index contributed by atoms with van der Waals surface area (Å²) < 4.78 is 52.4. The van der Waals surface area contributed by atoms with Crippen molar-refractivity contribution in [3.05, 3.63) is 29.6 Å². The molecule has 0 amide bonds. The van der Waals surface area contributed by atoms with Crippen LogP contribution < -0.4 is 5.32 Å². The first-order chi connectivity index (χ1) is 8.79. The molecular weight excluding hydrogens is 270 g/mol. The van der Waals surface area contributed by atoms with Crippen LogP contribution in [0.15, 0.2) is 18.2 Å². The Balaban J connectivity index is 2.47. The molecule has 0 fully saturated rings. The van der Waals surface area contributed by atoms with Gasteiger partial charge in [-0.1, -0.05) is 0 Å². The quantitative estimate of drug-likeness (QED) is 0.621. The highest BCUT2D eigenvalue weighted by atomic mass is 19.4. The lowest BCUT2D eigenvalue weighted by molar-refractivity contribution is -0.172. The number of benzene rings is 1. The summed E-state index contributed by atoms with van der Waals surface area (Å²) in [7, 11) is 0. The number of hydrogen-bond donors (Lipinski definition) is 2. The molecule has 0 radical (unpaired) electrons. The van der Waals surface area contributed by atoms with Crippen LogP contribution in [0.4, 0.5) is 23.2 Å². The van der Waals surface area contributed by atoms with E-state index in [1.807, 2.05) is 0 Å². The van der Waals surface area contributed by atoms with E-state index in [4.69, 9.17) is 5.11 Å². The number of carboxylic acids is 1. The van der Waals surface area contributed by atoms with E-state index in [-0.39, 0.29) is 24.4 Å². The Labute approximate surface area is 106 Å². The molecule has 19 heavy (non-hydrogen) atoms. The monoisotopic (exact) mass is 281 g/mol. The van der Waals surface area contributed by atoms with Gasteiger partial charge in [0.2, 0.25) is 0 Å². The number of anilines is 1. The Morgan fingerprint density at radius 1 is 1.37 bits per heavy atom. The highest BCUT2D eigenvalue weighted by Gasteiger charge is 2.27. The molecule has 0 atom stereocenters. The number of alkyl halides is 3. The lowest BCUT2D eigenvalue weighted by atomic mass is 10.1. The van der Waals surface area contributed by atoms with Crippen molar-refractivity contribution in [2.24, 2.45) is 0 Å². The number of aromatic carboxylic acids is 1. The van der Waals surface area contributed by atoms with Crippen LogP contribution in [0.1, 0.15) is 10.4 Å². The third kappa shape index (κ3) is 5.56. The zero-order valence-electron chi connectivity index (χ0n) is 9.63. The number of halogens is 4. The van der Waals surface area contributed by atoms with Crippen LogP contribution in [0, 0.1) is 5.82 Å². The molecule has 0 unspecified atom stereocenters. The van der Waals surface area contributed by atoms with Gasteiger partial charge in [0.15, 0.2) is 0 Å². The predicted molar refractivity (Wildman–Crippen MR) is 58.7 cm³/mol. The van der Waals surface area contributed by atoms with E-state index in [2.05, 4.69) is 10.1 Å². The second-order valence-electron chi connectivity index (χ2n) is 3.59. The number of rotatable bonds is 6. The van der Waals surface area contributed by atoms with Crippen LogP contribution in [0.3, 0.4) is 0 Å². The van der Waals surface area contributed by atoms with Crippen LogP contribution in [0.5, 0.6) is 0 Å². The Kier molecular flexibility index (Phi) is 5.11. The fourth-order valence-electron chi connectivity index (χ4n) is 1.29. The van der Waals surface area contributed by atoms with E-state index < -0.39 is 24.6 Å². The van der Waals surface area contributed by atoms with Crippen molar-refractivity contribution in [1.82, 2.24) is 0 Å². The molecule has 4 nitrogen and oxygen atoms in total. The molecule has 0 aromatic heterocycles. The number of carbonyl (C=O) groups is 1. The number of carboxylic acid groups (broad SMARTS) is 1. The second-order valence-corrected chi connectivity index (χ2v) is 3.59. The van der Waals surface area contributed by atoms with Gasteiger partial charge in [-0.25, -0.2) is 9.18 Å². The maximum absolute atomic E-state index is 12.8. The summed E-state index contributed by atoms with van der Waals surface area (Å²) >= 11 is 0. The molecular formula is C11H11F4NO3. The summed E-state index contributed by atoms with van der Waals surface area (Å²) in [5, 5.41) is 11.4. The molecule has 0 saturated carbocycles. The van der Waals surface area contributed by atoms with Gasteiger partial charge in [-0.05, 0) is 18.2 Å². The lowest BCUT2D eigenvalue weighted by Crippen LogP contribution is -2.20. The minimum absolute atomic E-state index is 0.0258. The third-order valence-electron chi connectivity index (χ3n) is 2.04. The molecule has 1 rings (SSSR count). The summed E-state index contributed by atoms with van der Waals surface area (Å²) in [5.74, 6) is -2.05. The molecule has 8 heteroatoms. The third-order valence-corrected chi connectivity index (χ3v) is 2.04. The SMILES string of the molecule is O=C(O)c1cc(F)ccc1NCCOCC(F)(F)F. The smallest absolute Gasteiger partial charge is 0.411 e. The maximum Gasteiger partial charge on any atom is 0.411 e. The molecule has 0 aliphatic heterocycles. The van der Waals surface area contributed by atoms with Crippen molar-refractivity contribution in [2.45, 2.75) is 6.18 Å². The average molecular weight is 281 g/mol. The standard InChI is InChI=1S/C11H11F4NO3/c12-7-1-2-9(8(5-7)10(17)18)16-3-4-19-6-11(13,14)15/h1-2,5,16H,3-4,6H2,(H,17,18). The zero-order chi connectivity index (χ0) is 14.5. The zero-order valence-corrected chi connectivity index (χ0v) is 9.63. The van der Waals surface area contributed by atoms with E-state index in [9.17, 15) is 22.4 Å². The van der Waals surface area contributed by atoms with Gasteiger partial charge in [-0.2, -0.15) is 13.2 Å². The molecule has 0 aliphatic carbocycles. The van der Waals surface area contributed by atoms with Crippen molar-refractivity contribution in [2.75, 3.05) is 25.1 Å². The lowest BCUT2D eigenvalue weighted by Gasteiger charge is -2.11. The van der Waals surface area contributed by atoms with Crippen molar-refractivity contribution >= 4 is 11.7 Å². The Morgan fingerprint density at radius 3 is 2.63 bits per heavy atom. The van der Waals surface area contributed by atoms with E-state index in [0.29, 0.717) is 0 Å². The first-order valence-electron chi connectivity index (χ1n) is 5.21. The number of nitrogens with one attached hydrogen (secondary N) is 1. The fourth-order valence-corrected chi connectivity index (χ4v) is 1.29. The molecule has 0 bridgehead atoms. The van der Waals surface area contributed by atoms with Crippen LogP contribution in [0.25, 0.3) is 0 Å². The van der Waals surface area contributed by atoms with Gasteiger partial charge in [0.05, 0.1) is 12.2 Å². The van der Waals surface area contributed by atoms with E-state index in [0.717, 1.165) is 12.1 Å². The van der Waals surface area contributed by atoms with Gasteiger partial charge in [0.1, 0.15) is 12.4 Å². The molecule has 0 spiro atoms. The maximum atomic E-state index is 12.8. The minimum Gasteiger partial charge on any atom is -0.478 e. The van der Waals surface area contributed by atoms with E-state index in [1.54, 1.807) is 0 Å². The molecule has 1 aromatic rings. The summed E-state index contributed by atoms with van der Waals surface area (Å²) in [6.45, 7) is -1.65. The van der Waals surface area contributed by atoms with Crippen LogP contribution in [-0.4, -0.2) is 37.0 Å². The molecule has 2 N–H and O–H groups in total. The van der Waals surface area contributed by atoms with Crippen molar-refractivity contribution in [1.29, 1.82) is 0 Å². The van der Waals surface area contributed by atoms with Gasteiger partial charge < -0.3 is 15.2 Å². The van der Waals surface area contributed by atoms with Crippen LogP contribution >= 0.6 is 0 Å². The summed E-state index contributed by atoms with van der Waals surface area (Å²) in [5.41, 5.74) is -0.180. The average Bonchev–Trinajstić information content (AvgIpc) is 2.28. The largest absolute Gasteiger partial charge is 0.478 e. The van der Waals surface area contributed by atoms with Crippen LogP contribution in [-0.2, 0) is 4.74 Å². The highest BCUT2D eigenvalue weighted by Crippen LogP contribution is 2.17. The molecule has 106 valence electrons. The highest BCUT2D eigenvalue weighted by molar-refractivity contribution is 5.94. The second kappa shape index (κ2) is 6.37. The van der Waals surface area contributed by atoms with Gasteiger partial charge in [-0.3, -0.25) is 0 Å². The molecule has 0 heterocycles. The van der Waals surface area contributed by atoms with Crippen LogP contribution in [0.2, 0.25) is 0 Å². The Bertz CT molecular complexity index is 448. The van der Waals surface area contributed by atoms with Gasteiger partial charge in [0, 0.05) is 12.2 Å². The summed E-state index contributed by atoms with van der Waals surface area (Å²) in [4.78, 5) is 10.8. The Hall–Kier alpha value is -1.83. The van der Waals surface area contributed by atoms with Gasteiger partial charge in [-0.15, -0.1) is 0 Å². The first kappa shape index (κ1) is 15.2. The van der Waals surface area contributed by atoms with Gasteiger partial charge >= 0.3 is 12.1 Å². The van der Waals surface area contributed by atoms with E-state index in [1.165, 1.54) is 6.07 Å². The molecule has 0 aliphatic rings. The van der Waals surface area contributed by atoms with Crippen molar-refractivity contribution in [3.8, 4) is 0 Å². The number of ether oxygens (including phenoxy) is 1. The topological polar surface area (TPSA) is 58.6 Å². The summed E-state index contributed by atoms with van der Waals surface area (Å²) in [6.07, 6.45) is -4.40. The molecule has 0 saturated heterocycles. The Morgan fingerprint density at radius 2 is 2.05 bits per heavy atom.